The van der Waals surface area contributed by atoms with Crippen molar-refractivity contribution in [3.05, 3.63) is 36.3 Å². The number of amides is 1. The molecule has 1 amide bonds. The number of hydrogen-bond acceptors (Lipinski definition) is 7. The zero-order valence-corrected chi connectivity index (χ0v) is 14.3. The molecule has 0 aliphatic carbocycles. The molecule has 0 atom stereocenters. The predicted molar refractivity (Wildman–Crippen MR) is 93.6 cm³/mol. The van der Waals surface area contributed by atoms with Gasteiger partial charge < -0.3 is 25.0 Å². The molecule has 0 spiro atoms. The standard InChI is InChI=1S/C17H21N5O3/c1-22(2)6-5-18-17(23)13-10-20-16(11-19-13)21-12-3-4-14-15(9-12)25-8-7-24-14/h3-4,9-11H,5-8H2,1-2H3,(H,18,23)(H,20,21). The van der Waals surface area contributed by atoms with Crippen molar-refractivity contribution in [3.8, 4) is 11.5 Å². The third-order valence-corrected chi connectivity index (χ3v) is 3.54. The number of fused-ring (bicyclic) bond motifs is 1. The van der Waals surface area contributed by atoms with Gasteiger partial charge in [0, 0.05) is 24.8 Å². The molecule has 132 valence electrons. The molecule has 0 saturated heterocycles. The Morgan fingerprint density at radius 3 is 2.68 bits per heavy atom. The third-order valence-electron chi connectivity index (χ3n) is 3.54. The molecular weight excluding hydrogens is 322 g/mol. The van der Waals surface area contributed by atoms with Gasteiger partial charge in [-0.15, -0.1) is 0 Å². The van der Waals surface area contributed by atoms with Gasteiger partial charge >= 0.3 is 0 Å². The van der Waals surface area contributed by atoms with Gasteiger partial charge in [-0.2, -0.15) is 0 Å². The van der Waals surface area contributed by atoms with Crippen LogP contribution in [0.25, 0.3) is 0 Å². The number of rotatable bonds is 6. The van der Waals surface area contributed by atoms with Crippen LogP contribution in [0.2, 0.25) is 0 Å². The summed E-state index contributed by atoms with van der Waals surface area (Å²) in [5, 5.41) is 5.93. The molecule has 2 N–H and O–H groups in total. The maximum absolute atomic E-state index is 12.0. The first-order chi connectivity index (χ1) is 12.1. The number of ether oxygens (including phenoxy) is 2. The fourth-order valence-corrected chi connectivity index (χ4v) is 2.26. The Labute approximate surface area is 146 Å². The summed E-state index contributed by atoms with van der Waals surface area (Å²) in [6, 6.07) is 5.56. The quantitative estimate of drug-likeness (QED) is 0.817. The molecule has 1 aromatic heterocycles. The molecule has 2 aromatic rings. The van der Waals surface area contributed by atoms with E-state index in [1.165, 1.54) is 12.4 Å². The average molecular weight is 343 g/mol. The van der Waals surface area contributed by atoms with Crippen molar-refractivity contribution in [2.75, 3.05) is 45.7 Å². The van der Waals surface area contributed by atoms with Crippen LogP contribution in [0, 0.1) is 0 Å². The van der Waals surface area contributed by atoms with Crippen molar-refractivity contribution in [1.29, 1.82) is 0 Å². The number of hydrogen-bond donors (Lipinski definition) is 2. The van der Waals surface area contributed by atoms with Crippen LogP contribution in [0.15, 0.2) is 30.6 Å². The summed E-state index contributed by atoms with van der Waals surface area (Å²) in [4.78, 5) is 22.4. The molecule has 1 aliphatic rings. The number of anilines is 2. The summed E-state index contributed by atoms with van der Waals surface area (Å²) in [6.07, 6.45) is 2.98. The van der Waals surface area contributed by atoms with Crippen LogP contribution >= 0.6 is 0 Å². The largest absolute Gasteiger partial charge is 0.486 e. The number of nitrogens with zero attached hydrogens (tertiary/aromatic N) is 3. The zero-order chi connectivity index (χ0) is 17.6. The first kappa shape index (κ1) is 17.0. The Bertz CT molecular complexity index is 734. The fraction of sp³-hybridized carbons (Fsp3) is 0.353. The van der Waals surface area contributed by atoms with Crippen LogP contribution in [0.4, 0.5) is 11.5 Å². The van der Waals surface area contributed by atoms with Crippen LogP contribution in [-0.2, 0) is 0 Å². The van der Waals surface area contributed by atoms with E-state index in [0.717, 1.165) is 18.0 Å². The van der Waals surface area contributed by atoms with Gasteiger partial charge in [0.2, 0.25) is 0 Å². The zero-order valence-electron chi connectivity index (χ0n) is 14.3. The van der Waals surface area contributed by atoms with E-state index in [1.54, 1.807) is 0 Å². The number of nitrogens with one attached hydrogen (secondary N) is 2. The van der Waals surface area contributed by atoms with E-state index in [0.29, 0.717) is 31.3 Å². The molecular formula is C17H21N5O3. The lowest BCUT2D eigenvalue weighted by Crippen LogP contribution is -2.31. The fourth-order valence-electron chi connectivity index (χ4n) is 2.26. The van der Waals surface area contributed by atoms with Crippen LogP contribution < -0.4 is 20.1 Å². The molecule has 0 unspecified atom stereocenters. The molecule has 0 saturated carbocycles. The Hall–Kier alpha value is -2.87. The molecule has 1 aromatic carbocycles. The normalized spacial score (nSPS) is 12.8. The molecule has 25 heavy (non-hydrogen) atoms. The molecule has 8 nitrogen and oxygen atoms in total. The summed E-state index contributed by atoms with van der Waals surface area (Å²) in [5.74, 6) is 1.73. The lowest BCUT2D eigenvalue weighted by Gasteiger charge is -2.19. The lowest BCUT2D eigenvalue weighted by molar-refractivity contribution is 0.0945. The monoisotopic (exact) mass is 343 g/mol. The second-order valence-corrected chi connectivity index (χ2v) is 5.83. The Balaban J connectivity index is 1.60. The van der Waals surface area contributed by atoms with E-state index in [1.807, 2.05) is 37.2 Å². The number of carbonyl (C=O) groups excluding carboxylic acids is 1. The first-order valence-electron chi connectivity index (χ1n) is 8.03. The van der Waals surface area contributed by atoms with Gasteiger partial charge in [0.25, 0.3) is 5.91 Å². The van der Waals surface area contributed by atoms with Crippen molar-refractivity contribution in [2.24, 2.45) is 0 Å². The van der Waals surface area contributed by atoms with E-state index in [2.05, 4.69) is 20.6 Å². The molecule has 0 bridgehead atoms. The number of benzene rings is 1. The highest BCUT2D eigenvalue weighted by Crippen LogP contribution is 2.33. The Morgan fingerprint density at radius 2 is 1.96 bits per heavy atom. The van der Waals surface area contributed by atoms with Crippen LogP contribution in [0.5, 0.6) is 11.5 Å². The van der Waals surface area contributed by atoms with Gasteiger partial charge in [-0.05, 0) is 26.2 Å². The summed E-state index contributed by atoms with van der Waals surface area (Å²) < 4.78 is 11.0. The highest BCUT2D eigenvalue weighted by Gasteiger charge is 2.12. The molecule has 0 fully saturated rings. The highest BCUT2D eigenvalue weighted by atomic mass is 16.6. The van der Waals surface area contributed by atoms with Crippen molar-refractivity contribution >= 4 is 17.4 Å². The lowest BCUT2D eigenvalue weighted by atomic mass is 10.2. The van der Waals surface area contributed by atoms with E-state index in [-0.39, 0.29) is 11.6 Å². The molecule has 3 rings (SSSR count). The minimum atomic E-state index is -0.236. The summed E-state index contributed by atoms with van der Waals surface area (Å²) >= 11 is 0. The first-order valence-corrected chi connectivity index (χ1v) is 8.03. The van der Waals surface area contributed by atoms with Crippen molar-refractivity contribution in [1.82, 2.24) is 20.2 Å². The maximum Gasteiger partial charge on any atom is 0.271 e. The van der Waals surface area contributed by atoms with Gasteiger partial charge in [-0.1, -0.05) is 0 Å². The van der Waals surface area contributed by atoms with Crippen LogP contribution in [-0.4, -0.2) is 61.2 Å². The van der Waals surface area contributed by atoms with Gasteiger partial charge in [0.05, 0.1) is 12.4 Å². The maximum atomic E-state index is 12.0. The predicted octanol–water partition coefficient (Wildman–Crippen LogP) is 1.28. The minimum Gasteiger partial charge on any atom is -0.486 e. The van der Waals surface area contributed by atoms with Gasteiger partial charge in [0.1, 0.15) is 24.7 Å². The SMILES string of the molecule is CN(C)CCNC(=O)c1cnc(Nc2ccc3c(c2)OCCO3)cn1. The van der Waals surface area contributed by atoms with Crippen molar-refractivity contribution in [3.63, 3.8) is 0 Å². The van der Waals surface area contributed by atoms with E-state index in [4.69, 9.17) is 9.47 Å². The topological polar surface area (TPSA) is 88.6 Å². The number of aromatic nitrogens is 2. The molecule has 1 aliphatic heterocycles. The average Bonchev–Trinajstić information content (AvgIpc) is 2.62. The summed E-state index contributed by atoms with van der Waals surface area (Å²) in [6.45, 7) is 2.42. The van der Waals surface area contributed by atoms with Crippen molar-refractivity contribution in [2.45, 2.75) is 0 Å². The van der Waals surface area contributed by atoms with Gasteiger partial charge in [0.15, 0.2) is 11.5 Å². The van der Waals surface area contributed by atoms with E-state index < -0.39 is 0 Å². The van der Waals surface area contributed by atoms with Gasteiger partial charge in [-0.3, -0.25) is 4.79 Å². The summed E-state index contributed by atoms with van der Waals surface area (Å²) in [5.41, 5.74) is 1.09. The Morgan fingerprint density at radius 1 is 1.16 bits per heavy atom. The molecule has 8 heteroatoms. The highest BCUT2D eigenvalue weighted by molar-refractivity contribution is 5.92. The smallest absolute Gasteiger partial charge is 0.271 e. The van der Waals surface area contributed by atoms with Gasteiger partial charge in [-0.25, -0.2) is 9.97 Å². The number of likely N-dealkylation sites (N-methyl/N-ethyl adjacent to an activating group) is 1. The second-order valence-electron chi connectivity index (χ2n) is 5.83. The van der Waals surface area contributed by atoms with E-state index >= 15 is 0 Å². The minimum absolute atomic E-state index is 0.236. The van der Waals surface area contributed by atoms with E-state index in [9.17, 15) is 4.79 Å². The Kier molecular flexibility index (Phi) is 5.30. The molecule has 2 heterocycles. The summed E-state index contributed by atoms with van der Waals surface area (Å²) in [7, 11) is 3.90. The number of carbonyl (C=O) groups is 1. The second kappa shape index (κ2) is 7.80. The van der Waals surface area contributed by atoms with Crippen LogP contribution in [0.1, 0.15) is 10.5 Å². The van der Waals surface area contributed by atoms with Crippen LogP contribution in [0.3, 0.4) is 0 Å². The third kappa shape index (κ3) is 4.57. The molecule has 0 radical (unpaired) electrons. The van der Waals surface area contributed by atoms with Crippen molar-refractivity contribution < 1.29 is 14.3 Å².